The molecule has 0 saturated heterocycles. The summed E-state index contributed by atoms with van der Waals surface area (Å²) in [5.41, 5.74) is 2.98. The van der Waals surface area contributed by atoms with Crippen molar-refractivity contribution in [3.63, 3.8) is 0 Å². The molecule has 0 aliphatic carbocycles. The lowest BCUT2D eigenvalue weighted by atomic mass is 10.1. The number of fused-ring (bicyclic) bond motifs is 3. The van der Waals surface area contributed by atoms with Gasteiger partial charge in [-0.1, -0.05) is 87.9 Å². The van der Waals surface area contributed by atoms with Crippen molar-refractivity contribution in [3.8, 4) is 11.1 Å². The van der Waals surface area contributed by atoms with E-state index in [1.54, 1.807) is 10.6 Å². The minimum Gasteiger partial charge on any atom is -0.0781 e. The fraction of sp³-hybridized carbons (Fsp3) is 0.350. The fourth-order valence-electron chi connectivity index (χ4n) is 3.51. The topological polar surface area (TPSA) is 0 Å². The summed E-state index contributed by atoms with van der Waals surface area (Å²) in [4.78, 5) is 0. The lowest BCUT2D eigenvalue weighted by molar-refractivity contribution is 0.893. The van der Waals surface area contributed by atoms with E-state index < -0.39 is 6.89 Å². The van der Waals surface area contributed by atoms with Gasteiger partial charge < -0.3 is 0 Å². The molecule has 3 rings (SSSR count). The maximum Gasteiger partial charge on any atom is -0.00977 e. The number of unbranched alkanes of at least 4 members (excludes halogenated alkanes) is 2. The second-order valence-corrected chi connectivity index (χ2v) is 9.47. The summed E-state index contributed by atoms with van der Waals surface area (Å²) in [6, 6.07) is 18.3. The van der Waals surface area contributed by atoms with Crippen LogP contribution in [0.1, 0.15) is 39.5 Å². The number of rotatable bonds is 5. The van der Waals surface area contributed by atoms with Gasteiger partial charge in [0, 0.05) is 0 Å². The minimum atomic E-state index is -1.28. The first kappa shape index (κ1) is 14.7. The van der Waals surface area contributed by atoms with E-state index in [1.807, 2.05) is 0 Å². The molecule has 2 aromatic carbocycles. The normalized spacial score (nSPS) is 14.6. The molecule has 0 aromatic heterocycles. The third kappa shape index (κ3) is 2.40. The Morgan fingerprint density at radius 2 is 1.38 bits per heavy atom. The molecule has 0 fully saturated rings. The van der Waals surface area contributed by atoms with E-state index in [0.29, 0.717) is 0 Å². The van der Waals surface area contributed by atoms with Crippen molar-refractivity contribution in [2.45, 2.75) is 39.5 Å². The first-order valence-electron chi connectivity index (χ1n) is 8.25. The lowest BCUT2D eigenvalue weighted by Crippen LogP contribution is -2.15. The zero-order chi connectivity index (χ0) is 14.7. The van der Waals surface area contributed by atoms with E-state index in [-0.39, 0.29) is 0 Å². The molecule has 1 heteroatoms. The molecule has 0 amide bonds. The van der Waals surface area contributed by atoms with Gasteiger partial charge in [0.1, 0.15) is 0 Å². The molecule has 110 valence electrons. The molecule has 21 heavy (non-hydrogen) atoms. The second-order valence-electron chi connectivity index (χ2n) is 5.95. The Labute approximate surface area is 129 Å². The van der Waals surface area contributed by atoms with Crippen LogP contribution in [0.5, 0.6) is 0 Å². The van der Waals surface area contributed by atoms with Crippen LogP contribution in [0, 0.1) is 0 Å². The molecular formula is C20H25P. The highest BCUT2D eigenvalue weighted by Crippen LogP contribution is 2.54. The number of hydrogen-bond acceptors (Lipinski definition) is 0. The van der Waals surface area contributed by atoms with Crippen LogP contribution in [0.4, 0.5) is 0 Å². The first-order chi connectivity index (χ1) is 10.3. The van der Waals surface area contributed by atoms with Crippen molar-refractivity contribution in [1.29, 1.82) is 0 Å². The van der Waals surface area contributed by atoms with Gasteiger partial charge in [-0.05, 0) is 40.7 Å². The zero-order valence-corrected chi connectivity index (χ0v) is 14.1. The summed E-state index contributed by atoms with van der Waals surface area (Å²) in [6.07, 6.45) is 6.44. The van der Waals surface area contributed by atoms with E-state index >= 15 is 0 Å². The van der Waals surface area contributed by atoms with Gasteiger partial charge in [0.25, 0.3) is 0 Å². The minimum absolute atomic E-state index is 1.24. The molecule has 0 nitrogen and oxygen atoms in total. The summed E-state index contributed by atoms with van der Waals surface area (Å²) in [6.45, 7) is 3.32. The summed E-state index contributed by atoms with van der Waals surface area (Å²) in [5.74, 6) is 2.70. The Hall–Kier alpha value is -1.26. The van der Waals surface area contributed by atoms with Crippen molar-refractivity contribution in [1.82, 2.24) is 0 Å². The van der Waals surface area contributed by atoms with Gasteiger partial charge in [-0.25, -0.2) is 0 Å². The van der Waals surface area contributed by atoms with Gasteiger partial charge in [-0.3, -0.25) is 0 Å². The van der Waals surface area contributed by atoms with Gasteiger partial charge in [-0.2, -0.15) is 0 Å². The fourth-order valence-corrected chi connectivity index (χ4v) is 8.30. The average Bonchev–Trinajstić information content (AvgIpc) is 2.82. The van der Waals surface area contributed by atoms with E-state index in [0.717, 1.165) is 0 Å². The molecule has 1 aliphatic heterocycles. The summed E-state index contributed by atoms with van der Waals surface area (Å²) >= 11 is 0. The van der Waals surface area contributed by atoms with Crippen molar-refractivity contribution < 1.29 is 0 Å². The predicted octanol–water partition coefficient (Wildman–Crippen LogP) is 5.04. The third-order valence-electron chi connectivity index (χ3n) is 4.55. The monoisotopic (exact) mass is 296 g/mol. The second kappa shape index (κ2) is 6.24. The Bertz CT molecular complexity index is 632. The predicted molar refractivity (Wildman–Crippen MR) is 98.8 cm³/mol. The van der Waals surface area contributed by atoms with E-state index in [2.05, 4.69) is 68.2 Å². The van der Waals surface area contributed by atoms with Crippen LogP contribution in [-0.4, -0.2) is 12.0 Å². The highest BCUT2D eigenvalue weighted by atomic mass is 31.2. The van der Waals surface area contributed by atoms with Gasteiger partial charge >= 0.3 is 0 Å². The maximum absolute atomic E-state index is 2.70. The Morgan fingerprint density at radius 1 is 0.810 bits per heavy atom. The highest BCUT2D eigenvalue weighted by Gasteiger charge is 2.32. The van der Waals surface area contributed by atoms with Crippen molar-refractivity contribution in [2.24, 2.45) is 0 Å². The largest absolute Gasteiger partial charge is 0.0781 e. The van der Waals surface area contributed by atoms with Crippen molar-refractivity contribution in [2.75, 3.05) is 6.16 Å². The molecule has 2 aromatic rings. The lowest BCUT2D eigenvalue weighted by Gasteiger charge is -2.24. The summed E-state index contributed by atoms with van der Waals surface area (Å²) in [7, 11) is 0. The Morgan fingerprint density at radius 3 is 1.90 bits per heavy atom. The molecular weight excluding hydrogens is 271 g/mol. The van der Waals surface area contributed by atoms with Crippen LogP contribution in [0.2, 0.25) is 0 Å². The molecule has 0 atom stereocenters. The van der Waals surface area contributed by atoms with E-state index in [9.17, 15) is 0 Å². The van der Waals surface area contributed by atoms with Crippen LogP contribution in [-0.2, 0) is 0 Å². The summed E-state index contributed by atoms with van der Waals surface area (Å²) in [5, 5.41) is 3.27. The molecule has 0 saturated carbocycles. The van der Waals surface area contributed by atoms with Crippen LogP contribution < -0.4 is 10.6 Å². The van der Waals surface area contributed by atoms with Gasteiger partial charge in [0.2, 0.25) is 0 Å². The molecule has 0 N–H and O–H groups in total. The Kier molecular flexibility index (Phi) is 4.36. The van der Waals surface area contributed by atoms with E-state index in [1.165, 1.54) is 43.0 Å². The molecule has 0 unspecified atom stereocenters. The maximum atomic E-state index is 2.70. The van der Waals surface area contributed by atoms with E-state index in [4.69, 9.17) is 0 Å². The number of hydrogen-bond donors (Lipinski definition) is 0. The zero-order valence-electron chi connectivity index (χ0n) is 13.2. The molecule has 0 radical (unpaired) electrons. The molecule has 0 spiro atoms. The van der Waals surface area contributed by atoms with Gasteiger partial charge in [0.15, 0.2) is 0 Å². The first-order valence-corrected chi connectivity index (χ1v) is 10.3. The third-order valence-corrected chi connectivity index (χ3v) is 8.95. The van der Waals surface area contributed by atoms with Crippen LogP contribution in [0.15, 0.2) is 48.5 Å². The van der Waals surface area contributed by atoms with Crippen LogP contribution in [0.25, 0.3) is 11.1 Å². The standard InChI is InChI=1S/C20H25P/c1-3-5-15-21(16-6-4-2)19-13-9-7-11-17(19)18-12-8-10-14-20(18)21/h7-15H,3-6,16H2,1-2H3. The molecule has 1 aliphatic rings. The number of benzene rings is 2. The van der Waals surface area contributed by atoms with Gasteiger partial charge in [0.05, 0.1) is 0 Å². The van der Waals surface area contributed by atoms with Crippen molar-refractivity contribution in [3.05, 3.63) is 48.5 Å². The SMILES string of the molecule is CCCC=P1(CCCC)c2ccccc2-c2ccccc21. The molecule has 1 heterocycles. The summed E-state index contributed by atoms with van der Waals surface area (Å²) < 4.78 is 0. The smallest absolute Gasteiger partial charge is 0.00977 e. The average molecular weight is 296 g/mol. The molecule has 0 bridgehead atoms. The van der Waals surface area contributed by atoms with Crippen LogP contribution in [0.3, 0.4) is 0 Å². The van der Waals surface area contributed by atoms with Crippen LogP contribution >= 0.6 is 6.89 Å². The highest BCUT2D eigenvalue weighted by molar-refractivity contribution is 7.89. The van der Waals surface area contributed by atoms with Gasteiger partial charge in [-0.15, -0.1) is 0 Å². The Balaban J connectivity index is 2.27. The van der Waals surface area contributed by atoms with Crippen molar-refractivity contribution >= 4 is 23.3 Å². The quantitative estimate of drug-likeness (QED) is 0.678.